The van der Waals surface area contributed by atoms with Crippen molar-refractivity contribution in [2.75, 3.05) is 0 Å². The molecule has 0 spiro atoms. The highest BCUT2D eigenvalue weighted by Crippen LogP contribution is 2.18. The monoisotopic (exact) mass is 434 g/mol. The minimum Gasteiger partial charge on any atom is -0.393 e. The van der Waals surface area contributed by atoms with Gasteiger partial charge in [0.15, 0.2) is 0 Å². The Morgan fingerprint density at radius 2 is 0.931 bits per heavy atom. The summed E-state index contributed by atoms with van der Waals surface area (Å²) in [6, 6.07) is 0. The van der Waals surface area contributed by atoms with Gasteiger partial charge in [0.05, 0.1) is 11.4 Å². The smallest absolute Gasteiger partial charge is 0.267 e. The minimum atomic E-state index is -3.86. The SMILES string of the molecule is CCCCC(O)CCCCCCCCCCCCCCCC(CCC)S(=O)(=O)O. The van der Waals surface area contributed by atoms with Crippen LogP contribution >= 0.6 is 0 Å². The molecule has 0 aliphatic carbocycles. The maximum absolute atomic E-state index is 11.3. The van der Waals surface area contributed by atoms with Crippen LogP contribution < -0.4 is 0 Å². The molecule has 0 aliphatic rings. The van der Waals surface area contributed by atoms with Crippen LogP contribution in [-0.4, -0.2) is 29.4 Å². The van der Waals surface area contributed by atoms with E-state index in [1.165, 1.54) is 77.0 Å². The van der Waals surface area contributed by atoms with Gasteiger partial charge in [0.2, 0.25) is 0 Å². The summed E-state index contributed by atoms with van der Waals surface area (Å²) in [4.78, 5) is 0. The van der Waals surface area contributed by atoms with Crippen molar-refractivity contribution in [2.45, 2.75) is 154 Å². The summed E-state index contributed by atoms with van der Waals surface area (Å²) in [6.07, 6.45) is 22.2. The zero-order valence-electron chi connectivity index (χ0n) is 19.4. The summed E-state index contributed by atoms with van der Waals surface area (Å²) in [5.74, 6) is 0. The molecule has 0 saturated carbocycles. The van der Waals surface area contributed by atoms with Crippen molar-refractivity contribution in [2.24, 2.45) is 0 Å². The first kappa shape index (κ1) is 28.9. The fraction of sp³-hybridized carbons (Fsp3) is 1.00. The number of hydrogen-bond donors (Lipinski definition) is 2. The largest absolute Gasteiger partial charge is 0.393 e. The lowest BCUT2D eigenvalue weighted by atomic mass is 10.0. The van der Waals surface area contributed by atoms with Gasteiger partial charge in [-0.05, 0) is 25.7 Å². The molecular formula is C24H50O4S. The van der Waals surface area contributed by atoms with Gasteiger partial charge in [-0.3, -0.25) is 4.55 Å². The van der Waals surface area contributed by atoms with Crippen molar-refractivity contribution in [1.82, 2.24) is 0 Å². The van der Waals surface area contributed by atoms with Gasteiger partial charge >= 0.3 is 0 Å². The average molecular weight is 435 g/mol. The van der Waals surface area contributed by atoms with Crippen LogP contribution in [-0.2, 0) is 10.1 Å². The van der Waals surface area contributed by atoms with E-state index >= 15 is 0 Å². The molecule has 0 aromatic heterocycles. The van der Waals surface area contributed by atoms with Gasteiger partial charge in [-0.15, -0.1) is 0 Å². The van der Waals surface area contributed by atoms with Crippen LogP contribution in [0.15, 0.2) is 0 Å². The Bertz CT molecular complexity index is 436. The first-order valence-corrected chi connectivity index (χ1v) is 14.1. The van der Waals surface area contributed by atoms with Crippen LogP contribution in [0.25, 0.3) is 0 Å². The van der Waals surface area contributed by atoms with Crippen molar-refractivity contribution in [3.05, 3.63) is 0 Å². The van der Waals surface area contributed by atoms with Gasteiger partial charge in [0.1, 0.15) is 0 Å². The van der Waals surface area contributed by atoms with Gasteiger partial charge < -0.3 is 5.11 Å². The highest BCUT2D eigenvalue weighted by Gasteiger charge is 2.20. The molecule has 0 radical (unpaired) electrons. The number of rotatable bonds is 22. The van der Waals surface area contributed by atoms with Crippen LogP contribution in [0, 0.1) is 0 Å². The molecule has 5 heteroatoms. The Morgan fingerprint density at radius 3 is 1.31 bits per heavy atom. The molecule has 0 fully saturated rings. The maximum atomic E-state index is 11.3. The van der Waals surface area contributed by atoms with E-state index in [-0.39, 0.29) is 6.10 Å². The molecule has 176 valence electrons. The van der Waals surface area contributed by atoms with Crippen LogP contribution in [0.5, 0.6) is 0 Å². The molecule has 0 bridgehead atoms. The normalized spacial score (nSPS) is 14.2. The third-order valence-electron chi connectivity index (χ3n) is 5.99. The number of hydrogen-bond acceptors (Lipinski definition) is 3. The summed E-state index contributed by atoms with van der Waals surface area (Å²) in [5, 5.41) is 9.26. The summed E-state index contributed by atoms with van der Waals surface area (Å²) >= 11 is 0. The van der Waals surface area contributed by atoms with Gasteiger partial charge in [0, 0.05) is 0 Å². The lowest BCUT2D eigenvalue weighted by molar-refractivity contribution is 0.148. The van der Waals surface area contributed by atoms with Gasteiger partial charge in [-0.25, -0.2) is 0 Å². The molecule has 0 rings (SSSR count). The lowest BCUT2D eigenvalue weighted by Gasteiger charge is -2.12. The van der Waals surface area contributed by atoms with E-state index in [1.54, 1.807) is 0 Å². The zero-order chi connectivity index (χ0) is 21.8. The van der Waals surface area contributed by atoms with Crippen LogP contribution in [0.3, 0.4) is 0 Å². The zero-order valence-corrected chi connectivity index (χ0v) is 20.2. The number of aliphatic hydroxyl groups is 1. The van der Waals surface area contributed by atoms with Crippen molar-refractivity contribution in [3.63, 3.8) is 0 Å². The molecule has 2 atom stereocenters. The minimum absolute atomic E-state index is 0.0737. The van der Waals surface area contributed by atoms with E-state index in [0.29, 0.717) is 12.8 Å². The summed E-state index contributed by atoms with van der Waals surface area (Å²) in [5.41, 5.74) is 0. The molecule has 0 amide bonds. The standard InChI is InChI=1S/C24H50O4S/c1-3-5-20-23(25)21-17-15-13-11-9-7-6-8-10-12-14-16-18-22-24(19-4-2)29(26,27)28/h23-25H,3-22H2,1-2H3,(H,26,27,28). The third-order valence-corrected chi connectivity index (χ3v) is 7.30. The molecule has 0 heterocycles. The molecule has 0 aromatic rings. The summed E-state index contributed by atoms with van der Waals surface area (Å²) < 4.78 is 31.8. The van der Waals surface area contributed by atoms with E-state index in [1.807, 2.05) is 6.92 Å². The molecule has 2 N–H and O–H groups in total. The Morgan fingerprint density at radius 1 is 0.552 bits per heavy atom. The second kappa shape index (κ2) is 19.8. The molecule has 0 saturated heterocycles. The predicted molar refractivity (Wildman–Crippen MR) is 125 cm³/mol. The fourth-order valence-electron chi connectivity index (χ4n) is 4.04. The molecule has 2 unspecified atom stereocenters. The summed E-state index contributed by atoms with van der Waals surface area (Å²) in [6.45, 7) is 4.13. The second-order valence-electron chi connectivity index (χ2n) is 8.90. The number of unbranched alkanes of at least 4 members (excludes halogenated alkanes) is 13. The van der Waals surface area contributed by atoms with E-state index in [2.05, 4.69) is 6.92 Å². The fourth-order valence-corrected chi connectivity index (χ4v) is 5.04. The van der Waals surface area contributed by atoms with E-state index in [0.717, 1.165) is 38.5 Å². The molecule has 0 aliphatic heterocycles. The molecule has 0 aromatic carbocycles. The third kappa shape index (κ3) is 19.6. The first-order chi connectivity index (χ1) is 13.9. The predicted octanol–water partition coefficient (Wildman–Crippen LogP) is 7.45. The lowest BCUT2D eigenvalue weighted by Crippen LogP contribution is -2.20. The van der Waals surface area contributed by atoms with E-state index in [4.69, 9.17) is 0 Å². The highest BCUT2D eigenvalue weighted by atomic mass is 32.2. The topological polar surface area (TPSA) is 74.6 Å². The van der Waals surface area contributed by atoms with Crippen molar-refractivity contribution in [1.29, 1.82) is 0 Å². The first-order valence-electron chi connectivity index (χ1n) is 12.6. The van der Waals surface area contributed by atoms with Gasteiger partial charge in [-0.2, -0.15) is 8.42 Å². The van der Waals surface area contributed by atoms with E-state index in [9.17, 15) is 18.1 Å². The van der Waals surface area contributed by atoms with Gasteiger partial charge in [-0.1, -0.05) is 117 Å². The van der Waals surface area contributed by atoms with Crippen molar-refractivity contribution < 1.29 is 18.1 Å². The average Bonchev–Trinajstić information content (AvgIpc) is 2.67. The van der Waals surface area contributed by atoms with Crippen molar-refractivity contribution in [3.8, 4) is 0 Å². The molecule has 29 heavy (non-hydrogen) atoms. The maximum Gasteiger partial charge on any atom is 0.267 e. The molecular weight excluding hydrogens is 384 g/mol. The highest BCUT2D eigenvalue weighted by molar-refractivity contribution is 7.86. The quantitative estimate of drug-likeness (QED) is 0.137. The Hall–Kier alpha value is -0.130. The second-order valence-corrected chi connectivity index (χ2v) is 10.6. The van der Waals surface area contributed by atoms with Crippen LogP contribution in [0.4, 0.5) is 0 Å². The Labute approximate surface area is 182 Å². The van der Waals surface area contributed by atoms with Crippen LogP contribution in [0.2, 0.25) is 0 Å². The molecule has 4 nitrogen and oxygen atoms in total. The summed E-state index contributed by atoms with van der Waals surface area (Å²) in [7, 11) is -3.86. The van der Waals surface area contributed by atoms with Crippen molar-refractivity contribution >= 4 is 10.1 Å². The number of aliphatic hydroxyl groups excluding tert-OH is 1. The van der Waals surface area contributed by atoms with E-state index < -0.39 is 15.4 Å². The Kier molecular flexibility index (Phi) is 19.7. The van der Waals surface area contributed by atoms with Crippen LogP contribution in [0.1, 0.15) is 142 Å². The Balaban J connectivity index is 3.32. The van der Waals surface area contributed by atoms with Gasteiger partial charge in [0.25, 0.3) is 10.1 Å².